The molecule has 1 atom stereocenters. The van der Waals surface area contributed by atoms with Crippen LogP contribution in [0.1, 0.15) is 26.3 Å². The zero-order valence-electron chi connectivity index (χ0n) is 14.5. The summed E-state index contributed by atoms with van der Waals surface area (Å²) < 4.78 is 32.4. The standard InChI is InChI=1S/C15H25N3O4S.ClH/c1-10-6-7-11(17-14(19)12(16)9-22-5)8-13(10)23(20,21)18-15(2,3)4;/h6-8,12,18H,9,16H2,1-5H3,(H,17,19);1H. The molecule has 1 aromatic rings. The van der Waals surface area contributed by atoms with Crippen LogP contribution >= 0.6 is 12.4 Å². The smallest absolute Gasteiger partial charge is 0.243 e. The molecular formula is C15H26ClN3O4S. The molecule has 138 valence electrons. The van der Waals surface area contributed by atoms with Crippen LogP contribution in [0.3, 0.4) is 0 Å². The number of hydrogen-bond donors (Lipinski definition) is 3. The van der Waals surface area contributed by atoms with E-state index < -0.39 is 27.5 Å². The van der Waals surface area contributed by atoms with Gasteiger partial charge in [-0.15, -0.1) is 12.4 Å². The molecule has 0 fully saturated rings. The van der Waals surface area contributed by atoms with E-state index in [1.54, 1.807) is 39.8 Å². The summed E-state index contributed by atoms with van der Waals surface area (Å²) in [6, 6.07) is 3.85. The van der Waals surface area contributed by atoms with Crippen molar-refractivity contribution in [1.82, 2.24) is 4.72 Å². The number of rotatable bonds is 6. The Balaban J connectivity index is 0.00000529. The Morgan fingerprint density at radius 1 is 1.33 bits per heavy atom. The number of nitrogens with one attached hydrogen (secondary N) is 2. The molecule has 4 N–H and O–H groups in total. The Morgan fingerprint density at radius 2 is 1.92 bits per heavy atom. The van der Waals surface area contributed by atoms with Crippen LogP contribution in [0.5, 0.6) is 0 Å². The first kappa shape index (κ1) is 22.8. The molecule has 9 heteroatoms. The van der Waals surface area contributed by atoms with E-state index in [0.29, 0.717) is 11.3 Å². The Labute approximate surface area is 149 Å². The van der Waals surface area contributed by atoms with Gasteiger partial charge < -0.3 is 15.8 Å². The lowest BCUT2D eigenvalue weighted by Crippen LogP contribution is -2.41. The summed E-state index contributed by atoms with van der Waals surface area (Å²) in [5, 5.41) is 2.59. The van der Waals surface area contributed by atoms with Crippen LogP contribution in [0.15, 0.2) is 23.1 Å². The predicted octanol–water partition coefficient (Wildman–Crippen LogP) is 1.41. The van der Waals surface area contributed by atoms with Gasteiger partial charge in [0.25, 0.3) is 0 Å². The molecule has 0 saturated carbocycles. The maximum Gasteiger partial charge on any atom is 0.243 e. The van der Waals surface area contributed by atoms with Gasteiger partial charge in [0.1, 0.15) is 6.04 Å². The first-order valence-electron chi connectivity index (χ1n) is 7.16. The van der Waals surface area contributed by atoms with Crippen LogP contribution in [0.4, 0.5) is 5.69 Å². The van der Waals surface area contributed by atoms with Crippen LogP contribution < -0.4 is 15.8 Å². The number of aryl methyl sites for hydroxylation is 1. The fourth-order valence-corrected chi connectivity index (χ4v) is 3.61. The third kappa shape index (κ3) is 6.74. The van der Waals surface area contributed by atoms with Crippen molar-refractivity contribution in [3.8, 4) is 0 Å². The molecule has 7 nitrogen and oxygen atoms in total. The van der Waals surface area contributed by atoms with Crippen molar-refractivity contribution < 1.29 is 17.9 Å². The third-order valence-electron chi connectivity index (χ3n) is 2.87. The van der Waals surface area contributed by atoms with Gasteiger partial charge in [-0.05, 0) is 45.4 Å². The average molecular weight is 380 g/mol. The number of amides is 1. The van der Waals surface area contributed by atoms with E-state index in [1.807, 2.05) is 0 Å². The molecule has 24 heavy (non-hydrogen) atoms. The molecule has 0 aliphatic rings. The van der Waals surface area contributed by atoms with Crippen molar-refractivity contribution in [3.05, 3.63) is 23.8 Å². The van der Waals surface area contributed by atoms with Crippen LogP contribution in [0.25, 0.3) is 0 Å². The Kier molecular flexibility index (Phi) is 8.34. The number of ether oxygens (including phenoxy) is 1. The SMILES string of the molecule is COCC(N)C(=O)Nc1ccc(C)c(S(=O)(=O)NC(C)(C)C)c1.Cl. The minimum Gasteiger partial charge on any atom is -0.383 e. The topological polar surface area (TPSA) is 111 Å². The second kappa shape index (κ2) is 8.77. The highest BCUT2D eigenvalue weighted by Gasteiger charge is 2.24. The van der Waals surface area contributed by atoms with Gasteiger partial charge in [0.05, 0.1) is 11.5 Å². The van der Waals surface area contributed by atoms with E-state index in [1.165, 1.54) is 13.2 Å². The van der Waals surface area contributed by atoms with E-state index in [2.05, 4.69) is 10.0 Å². The molecule has 0 radical (unpaired) electrons. The summed E-state index contributed by atoms with van der Waals surface area (Å²) in [4.78, 5) is 12.0. The summed E-state index contributed by atoms with van der Waals surface area (Å²) in [5.74, 6) is -0.442. The number of halogens is 1. The van der Waals surface area contributed by atoms with Crippen molar-refractivity contribution in [2.24, 2.45) is 5.73 Å². The van der Waals surface area contributed by atoms with Crippen molar-refractivity contribution in [2.45, 2.75) is 44.2 Å². The Morgan fingerprint density at radius 3 is 2.42 bits per heavy atom. The lowest BCUT2D eigenvalue weighted by atomic mass is 10.1. The van der Waals surface area contributed by atoms with E-state index in [9.17, 15) is 13.2 Å². The molecule has 0 aliphatic heterocycles. The molecule has 0 heterocycles. The molecule has 0 aromatic heterocycles. The van der Waals surface area contributed by atoms with Gasteiger partial charge in [-0.25, -0.2) is 13.1 Å². The number of hydrogen-bond acceptors (Lipinski definition) is 5. The third-order valence-corrected chi connectivity index (χ3v) is 4.77. The van der Waals surface area contributed by atoms with Crippen LogP contribution in [-0.2, 0) is 19.6 Å². The molecule has 0 spiro atoms. The van der Waals surface area contributed by atoms with Crippen molar-refractivity contribution >= 4 is 34.0 Å². The number of methoxy groups -OCH3 is 1. The fraction of sp³-hybridized carbons (Fsp3) is 0.533. The second-order valence-corrected chi connectivity index (χ2v) is 8.04. The molecule has 0 bridgehead atoms. The minimum atomic E-state index is -3.69. The number of carbonyl (C=O) groups excluding carboxylic acids is 1. The summed E-state index contributed by atoms with van der Waals surface area (Å²) >= 11 is 0. The first-order valence-corrected chi connectivity index (χ1v) is 8.64. The number of benzene rings is 1. The minimum absolute atomic E-state index is 0. The Hall–Kier alpha value is -1.19. The van der Waals surface area contributed by atoms with Gasteiger partial charge in [-0.1, -0.05) is 6.07 Å². The highest BCUT2D eigenvalue weighted by molar-refractivity contribution is 7.89. The molecule has 0 saturated heterocycles. The van der Waals surface area contributed by atoms with Gasteiger partial charge in [-0.2, -0.15) is 0 Å². The quantitative estimate of drug-likeness (QED) is 0.692. The van der Waals surface area contributed by atoms with Gasteiger partial charge in [0, 0.05) is 18.3 Å². The van der Waals surface area contributed by atoms with E-state index >= 15 is 0 Å². The number of anilines is 1. The highest BCUT2D eigenvalue weighted by Crippen LogP contribution is 2.21. The molecular weight excluding hydrogens is 354 g/mol. The lowest BCUT2D eigenvalue weighted by Gasteiger charge is -2.21. The zero-order chi connectivity index (χ0) is 17.8. The highest BCUT2D eigenvalue weighted by atomic mass is 35.5. The zero-order valence-corrected chi connectivity index (χ0v) is 16.2. The molecule has 1 aromatic carbocycles. The summed E-state index contributed by atoms with van der Waals surface area (Å²) in [6.45, 7) is 7.05. The van der Waals surface area contributed by atoms with E-state index in [-0.39, 0.29) is 23.9 Å². The number of sulfonamides is 1. The molecule has 1 unspecified atom stereocenters. The molecule has 1 rings (SSSR count). The normalized spacial score (nSPS) is 13.1. The monoisotopic (exact) mass is 379 g/mol. The fourth-order valence-electron chi connectivity index (χ4n) is 1.92. The largest absolute Gasteiger partial charge is 0.383 e. The van der Waals surface area contributed by atoms with Gasteiger partial charge in [0.2, 0.25) is 15.9 Å². The van der Waals surface area contributed by atoms with Crippen LogP contribution in [-0.4, -0.2) is 39.6 Å². The van der Waals surface area contributed by atoms with Crippen molar-refractivity contribution in [1.29, 1.82) is 0 Å². The second-order valence-electron chi connectivity index (χ2n) is 6.39. The van der Waals surface area contributed by atoms with Gasteiger partial charge >= 0.3 is 0 Å². The van der Waals surface area contributed by atoms with E-state index in [4.69, 9.17) is 10.5 Å². The van der Waals surface area contributed by atoms with Crippen molar-refractivity contribution in [2.75, 3.05) is 19.0 Å². The maximum absolute atomic E-state index is 12.5. The average Bonchev–Trinajstić information content (AvgIpc) is 2.38. The lowest BCUT2D eigenvalue weighted by molar-refractivity contribution is -0.118. The summed E-state index contributed by atoms with van der Waals surface area (Å²) in [5.41, 5.74) is 5.99. The number of nitrogens with two attached hydrogens (primary N) is 1. The van der Waals surface area contributed by atoms with Crippen LogP contribution in [0, 0.1) is 6.92 Å². The van der Waals surface area contributed by atoms with E-state index in [0.717, 1.165) is 0 Å². The first-order chi connectivity index (χ1) is 10.5. The maximum atomic E-state index is 12.5. The summed E-state index contributed by atoms with van der Waals surface area (Å²) in [7, 11) is -2.25. The Bertz CT molecular complexity index is 672. The van der Waals surface area contributed by atoms with Gasteiger partial charge in [-0.3, -0.25) is 4.79 Å². The molecule has 0 aliphatic carbocycles. The number of carbonyl (C=O) groups is 1. The predicted molar refractivity (Wildman–Crippen MR) is 97.0 cm³/mol. The summed E-state index contributed by atoms with van der Waals surface area (Å²) in [6.07, 6.45) is 0. The molecule has 1 amide bonds. The van der Waals surface area contributed by atoms with Gasteiger partial charge in [0.15, 0.2) is 0 Å². The van der Waals surface area contributed by atoms with Crippen LogP contribution in [0.2, 0.25) is 0 Å². The van der Waals surface area contributed by atoms with Crippen molar-refractivity contribution in [3.63, 3.8) is 0 Å².